The van der Waals surface area contributed by atoms with Gasteiger partial charge in [-0.25, -0.2) is 5.43 Å². The fraction of sp³-hybridized carbons (Fsp3) is 0.130. The molecule has 0 spiro atoms. The third-order valence-corrected chi connectivity index (χ3v) is 5.11. The quantitative estimate of drug-likeness (QED) is 0.549. The normalized spacial score (nSPS) is 14.3. The van der Waals surface area contributed by atoms with Crippen LogP contribution < -0.4 is 19.8 Å². The SMILES string of the molecule is O=C(NN=Cc1ccc2c(c1)OCO2)c1ccc(N2Cc3ccccc3C2)cc1. The van der Waals surface area contributed by atoms with E-state index in [9.17, 15) is 4.79 Å². The molecule has 144 valence electrons. The summed E-state index contributed by atoms with van der Waals surface area (Å²) >= 11 is 0. The van der Waals surface area contributed by atoms with Crippen molar-refractivity contribution < 1.29 is 14.3 Å². The second kappa shape index (κ2) is 7.31. The lowest BCUT2D eigenvalue weighted by atomic mass is 10.1. The van der Waals surface area contributed by atoms with Crippen molar-refractivity contribution in [3.63, 3.8) is 0 Å². The fourth-order valence-electron chi connectivity index (χ4n) is 3.56. The first-order valence-corrected chi connectivity index (χ1v) is 9.41. The summed E-state index contributed by atoms with van der Waals surface area (Å²) in [7, 11) is 0. The van der Waals surface area contributed by atoms with Crippen LogP contribution in [0.15, 0.2) is 71.8 Å². The van der Waals surface area contributed by atoms with E-state index in [2.05, 4.69) is 39.7 Å². The first-order chi connectivity index (χ1) is 14.3. The minimum absolute atomic E-state index is 0.228. The Morgan fingerprint density at radius 3 is 2.41 bits per heavy atom. The van der Waals surface area contributed by atoms with Crippen LogP contribution in [0, 0.1) is 0 Å². The van der Waals surface area contributed by atoms with Gasteiger partial charge in [0.25, 0.3) is 5.91 Å². The van der Waals surface area contributed by atoms with E-state index in [1.807, 2.05) is 42.5 Å². The number of carbonyl (C=O) groups is 1. The second-order valence-electron chi connectivity index (χ2n) is 6.98. The number of fused-ring (bicyclic) bond motifs is 2. The summed E-state index contributed by atoms with van der Waals surface area (Å²) in [5.74, 6) is 1.14. The van der Waals surface area contributed by atoms with E-state index >= 15 is 0 Å². The number of hydrazone groups is 1. The molecule has 2 heterocycles. The summed E-state index contributed by atoms with van der Waals surface area (Å²) in [6.07, 6.45) is 1.58. The summed E-state index contributed by atoms with van der Waals surface area (Å²) in [6.45, 7) is 2.01. The molecule has 0 unspecified atom stereocenters. The number of benzene rings is 3. The van der Waals surface area contributed by atoms with E-state index in [1.54, 1.807) is 6.21 Å². The summed E-state index contributed by atoms with van der Waals surface area (Å²) in [6, 6.07) is 21.6. The van der Waals surface area contributed by atoms with E-state index in [4.69, 9.17) is 9.47 Å². The molecule has 0 radical (unpaired) electrons. The number of hydrogen-bond donors (Lipinski definition) is 1. The van der Waals surface area contributed by atoms with Crippen molar-refractivity contribution in [1.29, 1.82) is 0 Å². The van der Waals surface area contributed by atoms with Gasteiger partial charge in [0.1, 0.15) is 0 Å². The van der Waals surface area contributed by atoms with Gasteiger partial charge < -0.3 is 14.4 Å². The van der Waals surface area contributed by atoms with Crippen LogP contribution in [0.3, 0.4) is 0 Å². The van der Waals surface area contributed by atoms with Crippen LogP contribution in [0.4, 0.5) is 5.69 Å². The second-order valence-corrected chi connectivity index (χ2v) is 6.98. The van der Waals surface area contributed by atoms with Crippen LogP contribution in [-0.2, 0) is 13.1 Å². The van der Waals surface area contributed by atoms with Gasteiger partial charge in [0.2, 0.25) is 6.79 Å². The molecule has 0 saturated heterocycles. The van der Waals surface area contributed by atoms with Crippen LogP contribution in [0.5, 0.6) is 11.5 Å². The average Bonchev–Trinajstić information content (AvgIpc) is 3.40. The molecular formula is C23H19N3O3. The summed E-state index contributed by atoms with van der Waals surface area (Å²) in [5, 5.41) is 4.04. The Balaban J connectivity index is 1.21. The van der Waals surface area contributed by atoms with Gasteiger partial charge in [-0.3, -0.25) is 4.79 Å². The van der Waals surface area contributed by atoms with Crippen molar-refractivity contribution >= 4 is 17.8 Å². The molecule has 0 bridgehead atoms. The largest absolute Gasteiger partial charge is 0.454 e. The van der Waals surface area contributed by atoms with Gasteiger partial charge in [-0.2, -0.15) is 5.10 Å². The fourth-order valence-corrected chi connectivity index (χ4v) is 3.56. The zero-order valence-electron chi connectivity index (χ0n) is 15.7. The van der Waals surface area contributed by atoms with Gasteiger partial charge in [-0.05, 0) is 59.2 Å². The first kappa shape index (κ1) is 17.3. The van der Waals surface area contributed by atoms with Crippen molar-refractivity contribution in [3.8, 4) is 11.5 Å². The number of amides is 1. The topological polar surface area (TPSA) is 63.2 Å². The Morgan fingerprint density at radius 2 is 1.66 bits per heavy atom. The lowest BCUT2D eigenvalue weighted by Gasteiger charge is -2.17. The van der Waals surface area contributed by atoms with Crippen LogP contribution >= 0.6 is 0 Å². The molecule has 0 fully saturated rings. The third-order valence-electron chi connectivity index (χ3n) is 5.11. The standard InChI is InChI=1S/C23H19N3O3/c27-23(25-24-12-16-5-10-21-22(11-16)29-15-28-21)17-6-8-20(9-7-17)26-13-18-3-1-2-4-19(18)14-26/h1-12H,13-15H2,(H,25,27). The number of carbonyl (C=O) groups excluding carboxylic acids is 1. The predicted molar refractivity (Wildman–Crippen MR) is 110 cm³/mol. The van der Waals surface area contributed by atoms with E-state index in [0.717, 1.165) is 24.3 Å². The summed E-state index contributed by atoms with van der Waals surface area (Å²) < 4.78 is 10.6. The summed E-state index contributed by atoms with van der Waals surface area (Å²) in [5.41, 5.74) is 7.75. The molecule has 0 atom stereocenters. The Morgan fingerprint density at radius 1 is 0.931 bits per heavy atom. The Bertz CT molecular complexity index is 1070. The number of nitrogens with one attached hydrogen (secondary N) is 1. The molecule has 5 rings (SSSR count). The molecular weight excluding hydrogens is 366 g/mol. The zero-order chi connectivity index (χ0) is 19.6. The molecule has 2 aliphatic rings. The predicted octanol–water partition coefficient (Wildman–Crippen LogP) is 3.70. The average molecular weight is 385 g/mol. The number of ether oxygens (including phenoxy) is 2. The van der Waals surface area contributed by atoms with Crippen LogP contribution in [-0.4, -0.2) is 18.9 Å². The van der Waals surface area contributed by atoms with Crippen molar-refractivity contribution in [2.75, 3.05) is 11.7 Å². The van der Waals surface area contributed by atoms with Crippen LogP contribution in [0.25, 0.3) is 0 Å². The van der Waals surface area contributed by atoms with Gasteiger partial charge in [-0.1, -0.05) is 24.3 Å². The summed E-state index contributed by atoms with van der Waals surface area (Å²) in [4.78, 5) is 14.6. The Labute approximate surface area is 168 Å². The minimum Gasteiger partial charge on any atom is -0.454 e. The lowest BCUT2D eigenvalue weighted by Crippen LogP contribution is -2.18. The third kappa shape index (κ3) is 3.52. The van der Waals surface area contributed by atoms with E-state index in [1.165, 1.54) is 11.1 Å². The maximum atomic E-state index is 12.4. The maximum Gasteiger partial charge on any atom is 0.271 e. The molecule has 0 aliphatic carbocycles. The Kier molecular flexibility index (Phi) is 4.37. The molecule has 0 saturated carbocycles. The molecule has 29 heavy (non-hydrogen) atoms. The van der Waals surface area contributed by atoms with Crippen molar-refractivity contribution in [2.45, 2.75) is 13.1 Å². The molecule has 6 heteroatoms. The molecule has 1 amide bonds. The van der Waals surface area contributed by atoms with Crippen LogP contribution in [0.1, 0.15) is 27.0 Å². The first-order valence-electron chi connectivity index (χ1n) is 9.41. The highest BCUT2D eigenvalue weighted by Crippen LogP contribution is 2.32. The Hall–Kier alpha value is -3.80. The number of nitrogens with zero attached hydrogens (tertiary/aromatic N) is 2. The smallest absolute Gasteiger partial charge is 0.271 e. The highest BCUT2D eigenvalue weighted by Gasteiger charge is 2.18. The number of rotatable bonds is 4. The van der Waals surface area contributed by atoms with Crippen molar-refractivity contribution in [3.05, 3.63) is 89.0 Å². The number of hydrogen-bond acceptors (Lipinski definition) is 5. The van der Waals surface area contributed by atoms with Crippen LogP contribution in [0.2, 0.25) is 0 Å². The van der Waals surface area contributed by atoms with E-state index in [0.29, 0.717) is 17.1 Å². The van der Waals surface area contributed by atoms with Gasteiger partial charge in [0.15, 0.2) is 11.5 Å². The highest BCUT2D eigenvalue weighted by molar-refractivity contribution is 5.95. The number of anilines is 1. The lowest BCUT2D eigenvalue weighted by molar-refractivity contribution is 0.0955. The van der Waals surface area contributed by atoms with Gasteiger partial charge >= 0.3 is 0 Å². The molecule has 3 aromatic rings. The minimum atomic E-state index is -0.252. The van der Waals surface area contributed by atoms with Crippen molar-refractivity contribution in [2.24, 2.45) is 5.10 Å². The zero-order valence-corrected chi connectivity index (χ0v) is 15.7. The van der Waals surface area contributed by atoms with E-state index in [-0.39, 0.29) is 12.7 Å². The molecule has 0 aromatic heterocycles. The maximum absolute atomic E-state index is 12.4. The molecule has 6 nitrogen and oxygen atoms in total. The molecule has 1 N–H and O–H groups in total. The van der Waals surface area contributed by atoms with Gasteiger partial charge in [-0.15, -0.1) is 0 Å². The highest BCUT2D eigenvalue weighted by atomic mass is 16.7. The molecule has 2 aliphatic heterocycles. The monoisotopic (exact) mass is 385 g/mol. The van der Waals surface area contributed by atoms with E-state index < -0.39 is 0 Å². The van der Waals surface area contributed by atoms with Crippen molar-refractivity contribution in [1.82, 2.24) is 5.43 Å². The molecule has 3 aromatic carbocycles. The van der Waals surface area contributed by atoms with Gasteiger partial charge in [0.05, 0.1) is 6.21 Å². The van der Waals surface area contributed by atoms with Gasteiger partial charge in [0, 0.05) is 24.3 Å².